The molecule has 3 aromatic rings. The van der Waals surface area contributed by atoms with Gasteiger partial charge in [0.1, 0.15) is 5.75 Å². The summed E-state index contributed by atoms with van der Waals surface area (Å²) in [5.74, 6) is 2.70. The lowest BCUT2D eigenvalue weighted by Crippen LogP contribution is -2.46. The summed E-state index contributed by atoms with van der Waals surface area (Å²) in [6.07, 6.45) is 3.20. The number of pyridine rings is 1. The summed E-state index contributed by atoms with van der Waals surface area (Å²) in [7, 11) is 4.90. The molecule has 0 fully saturated rings. The Morgan fingerprint density at radius 2 is 1.86 bits per heavy atom. The molecule has 8 heteroatoms. The summed E-state index contributed by atoms with van der Waals surface area (Å²) >= 11 is 0. The van der Waals surface area contributed by atoms with Gasteiger partial charge in [-0.1, -0.05) is 12.1 Å². The zero-order chi connectivity index (χ0) is 26.4. The minimum absolute atomic E-state index is 0.0846. The number of nitrogens with one attached hydrogen (secondary N) is 1. The van der Waals surface area contributed by atoms with Crippen LogP contribution in [0.15, 0.2) is 48.7 Å². The first kappa shape index (κ1) is 26.1. The van der Waals surface area contributed by atoms with Gasteiger partial charge in [-0.3, -0.25) is 0 Å². The standard InChI is InChI=1S/C29H35N3O5/c1-6-30-29(33)32-13-11-21-16-25(35-4)26(37-14-12-20-7-10-27(36-5)31-18-20)17-24(21)28(32)23-9-8-22(34-3)15-19(23)2/h7-10,15-18,28H,6,11-14H2,1-5H3,(H,30,33). The lowest BCUT2D eigenvalue weighted by Gasteiger charge is -2.38. The number of hydrogen-bond donors (Lipinski definition) is 1. The molecule has 1 atom stereocenters. The van der Waals surface area contributed by atoms with Crippen LogP contribution >= 0.6 is 0 Å². The number of fused-ring (bicyclic) bond motifs is 1. The molecule has 0 bridgehead atoms. The fourth-order valence-electron chi connectivity index (χ4n) is 4.75. The Morgan fingerprint density at radius 1 is 1.03 bits per heavy atom. The molecule has 0 saturated carbocycles. The molecular formula is C29H35N3O5. The third-order valence-electron chi connectivity index (χ3n) is 6.67. The zero-order valence-corrected chi connectivity index (χ0v) is 22.2. The van der Waals surface area contributed by atoms with Crippen LogP contribution in [-0.4, -0.2) is 56.9 Å². The van der Waals surface area contributed by atoms with E-state index in [1.165, 1.54) is 0 Å². The summed E-state index contributed by atoms with van der Waals surface area (Å²) in [4.78, 5) is 19.3. The average Bonchev–Trinajstić information content (AvgIpc) is 2.92. The molecule has 0 radical (unpaired) electrons. The number of aromatic nitrogens is 1. The van der Waals surface area contributed by atoms with Crippen LogP contribution in [0.5, 0.6) is 23.1 Å². The van der Waals surface area contributed by atoms with Gasteiger partial charge < -0.3 is 29.2 Å². The van der Waals surface area contributed by atoms with Gasteiger partial charge in [-0.25, -0.2) is 9.78 Å². The number of aryl methyl sites for hydroxylation is 1. The molecule has 1 aromatic heterocycles. The van der Waals surface area contributed by atoms with Crippen LogP contribution in [-0.2, 0) is 12.8 Å². The van der Waals surface area contributed by atoms with Gasteiger partial charge in [0.15, 0.2) is 11.5 Å². The molecule has 4 rings (SSSR count). The van der Waals surface area contributed by atoms with Crippen LogP contribution < -0.4 is 24.3 Å². The van der Waals surface area contributed by atoms with Gasteiger partial charge in [0, 0.05) is 31.8 Å². The Morgan fingerprint density at radius 3 is 2.51 bits per heavy atom. The van der Waals surface area contributed by atoms with E-state index in [9.17, 15) is 4.79 Å². The number of hydrogen-bond acceptors (Lipinski definition) is 6. The predicted octanol–water partition coefficient (Wildman–Crippen LogP) is 4.71. The molecule has 1 N–H and O–H groups in total. The lowest BCUT2D eigenvalue weighted by molar-refractivity contribution is 0.180. The maximum atomic E-state index is 13.1. The van der Waals surface area contributed by atoms with Crippen LogP contribution in [0.4, 0.5) is 4.79 Å². The molecule has 1 aliphatic rings. The van der Waals surface area contributed by atoms with Gasteiger partial charge in [-0.15, -0.1) is 0 Å². The number of nitrogens with zero attached hydrogens (tertiary/aromatic N) is 2. The molecule has 0 spiro atoms. The monoisotopic (exact) mass is 505 g/mol. The highest BCUT2D eigenvalue weighted by atomic mass is 16.5. The van der Waals surface area contributed by atoms with E-state index < -0.39 is 0 Å². The molecule has 0 aliphatic carbocycles. The van der Waals surface area contributed by atoms with Crippen molar-refractivity contribution in [3.63, 3.8) is 0 Å². The summed E-state index contributed by atoms with van der Waals surface area (Å²) in [6, 6.07) is 13.5. The number of benzene rings is 2. The molecule has 196 valence electrons. The molecule has 1 aliphatic heterocycles. The quantitative estimate of drug-likeness (QED) is 0.453. The van der Waals surface area contributed by atoms with Crippen molar-refractivity contribution in [1.82, 2.24) is 15.2 Å². The van der Waals surface area contributed by atoms with Crippen molar-refractivity contribution < 1.29 is 23.7 Å². The van der Waals surface area contributed by atoms with Crippen molar-refractivity contribution in [1.29, 1.82) is 0 Å². The third kappa shape index (κ3) is 5.74. The van der Waals surface area contributed by atoms with Crippen LogP contribution in [0.1, 0.15) is 40.8 Å². The Labute approximate surface area is 218 Å². The number of rotatable bonds is 9. The van der Waals surface area contributed by atoms with E-state index in [-0.39, 0.29) is 12.1 Å². The van der Waals surface area contributed by atoms with Crippen LogP contribution in [0.25, 0.3) is 0 Å². The maximum absolute atomic E-state index is 13.1. The van der Waals surface area contributed by atoms with Crippen molar-refractivity contribution in [3.8, 4) is 23.1 Å². The van der Waals surface area contributed by atoms with E-state index in [1.54, 1.807) is 27.5 Å². The van der Waals surface area contributed by atoms with Crippen molar-refractivity contribution in [2.24, 2.45) is 0 Å². The van der Waals surface area contributed by atoms with Crippen LogP contribution in [0.2, 0.25) is 0 Å². The summed E-state index contributed by atoms with van der Waals surface area (Å²) in [6.45, 7) is 5.59. The second kappa shape index (κ2) is 11.9. The normalized spacial score (nSPS) is 14.5. The van der Waals surface area contributed by atoms with Gasteiger partial charge in [0.05, 0.1) is 34.0 Å². The number of urea groups is 1. The number of carbonyl (C=O) groups excluding carboxylic acids is 1. The Balaban J connectivity index is 1.68. The van der Waals surface area contributed by atoms with Gasteiger partial charge in [0.25, 0.3) is 0 Å². The lowest BCUT2D eigenvalue weighted by atomic mass is 9.86. The van der Waals surface area contributed by atoms with E-state index in [0.29, 0.717) is 43.5 Å². The van der Waals surface area contributed by atoms with Crippen LogP contribution in [0.3, 0.4) is 0 Å². The second-order valence-electron chi connectivity index (χ2n) is 8.91. The Kier molecular flexibility index (Phi) is 8.38. The zero-order valence-electron chi connectivity index (χ0n) is 22.2. The van der Waals surface area contributed by atoms with Gasteiger partial charge in [-0.2, -0.15) is 0 Å². The van der Waals surface area contributed by atoms with Crippen molar-refractivity contribution in [2.75, 3.05) is 41.0 Å². The average molecular weight is 506 g/mol. The van der Waals surface area contributed by atoms with Crippen molar-refractivity contribution >= 4 is 6.03 Å². The molecule has 37 heavy (non-hydrogen) atoms. The number of carbonyl (C=O) groups is 1. The van der Waals surface area contributed by atoms with Crippen molar-refractivity contribution in [3.05, 3.63) is 76.5 Å². The molecule has 2 amide bonds. The summed E-state index contributed by atoms with van der Waals surface area (Å²) in [5.41, 5.74) is 5.33. The molecular weight excluding hydrogens is 470 g/mol. The largest absolute Gasteiger partial charge is 0.497 e. The number of methoxy groups -OCH3 is 3. The minimum Gasteiger partial charge on any atom is -0.497 e. The van der Waals surface area contributed by atoms with Gasteiger partial charge in [-0.05, 0) is 72.4 Å². The van der Waals surface area contributed by atoms with Gasteiger partial charge in [0.2, 0.25) is 5.88 Å². The molecule has 2 heterocycles. The van der Waals surface area contributed by atoms with Crippen LogP contribution in [0, 0.1) is 6.92 Å². The first-order chi connectivity index (χ1) is 18.0. The fourth-order valence-corrected chi connectivity index (χ4v) is 4.75. The highest BCUT2D eigenvalue weighted by Gasteiger charge is 2.34. The predicted molar refractivity (Wildman–Crippen MR) is 142 cm³/mol. The molecule has 2 aromatic carbocycles. The smallest absolute Gasteiger partial charge is 0.318 e. The Bertz CT molecular complexity index is 1230. The van der Waals surface area contributed by atoms with Crippen molar-refractivity contribution in [2.45, 2.75) is 32.7 Å². The van der Waals surface area contributed by atoms with E-state index in [1.807, 2.05) is 61.2 Å². The number of ether oxygens (including phenoxy) is 4. The Hall–Kier alpha value is -3.94. The SMILES string of the molecule is CCNC(=O)N1CCc2cc(OC)c(OCCc3ccc(OC)nc3)cc2C1c1ccc(OC)cc1C. The topological polar surface area (TPSA) is 82.2 Å². The number of amides is 2. The van der Waals surface area contributed by atoms with E-state index in [2.05, 4.69) is 10.3 Å². The molecule has 8 nitrogen and oxygen atoms in total. The minimum atomic E-state index is -0.264. The van der Waals surface area contributed by atoms with Gasteiger partial charge >= 0.3 is 6.03 Å². The highest BCUT2D eigenvalue weighted by molar-refractivity contribution is 5.76. The fraction of sp³-hybridized carbons (Fsp3) is 0.379. The third-order valence-corrected chi connectivity index (χ3v) is 6.67. The summed E-state index contributed by atoms with van der Waals surface area (Å²) < 4.78 is 22.5. The first-order valence-electron chi connectivity index (χ1n) is 12.5. The maximum Gasteiger partial charge on any atom is 0.318 e. The second-order valence-corrected chi connectivity index (χ2v) is 8.91. The first-order valence-corrected chi connectivity index (χ1v) is 12.5. The van der Waals surface area contributed by atoms with E-state index >= 15 is 0 Å². The molecule has 0 saturated heterocycles. The molecule has 1 unspecified atom stereocenters. The summed E-state index contributed by atoms with van der Waals surface area (Å²) in [5, 5.41) is 2.98. The highest BCUT2D eigenvalue weighted by Crippen LogP contribution is 2.42. The van der Waals surface area contributed by atoms with E-state index in [0.717, 1.165) is 40.0 Å². The van der Waals surface area contributed by atoms with E-state index in [4.69, 9.17) is 18.9 Å².